The van der Waals surface area contributed by atoms with E-state index in [9.17, 15) is 4.79 Å². The van der Waals surface area contributed by atoms with Gasteiger partial charge in [-0.3, -0.25) is 9.78 Å². The normalized spacial score (nSPS) is 15.6. The van der Waals surface area contributed by atoms with Crippen molar-refractivity contribution in [2.24, 2.45) is 0 Å². The number of nitrogens with zero attached hydrogens (tertiary/aromatic N) is 2. The second-order valence-corrected chi connectivity index (χ2v) is 11.3. The lowest BCUT2D eigenvalue weighted by atomic mass is 9.97. The van der Waals surface area contributed by atoms with Gasteiger partial charge in [-0.25, -0.2) is 4.98 Å². The number of hydrogen-bond acceptors (Lipinski definition) is 4. The van der Waals surface area contributed by atoms with E-state index in [2.05, 4.69) is 82.2 Å². The molecule has 0 radical (unpaired) electrons. The number of fused-ring (bicyclic) bond motifs is 2. The van der Waals surface area contributed by atoms with Crippen LogP contribution in [-0.4, -0.2) is 27.4 Å². The number of anilines is 1. The summed E-state index contributed by atoms with van der Waals surface area (Å²) >= 11 is 0. The summed E-state index contributed by atoms with van der Waals surface area (Å²) in [5.41, 5.74) is 13.4. The summed E-state index contributed by atoms with van der Waals surface area (Å²) in [7, 11) is 0. The Morgan fingerprint density at radius 3 is 2.75 bits per heavy atom. The number of rotatable bonds is 6. The predicted molar refractivity (Wildman–Crippen MR) is 177 cm³/mol. The number of hydrogen-bond donors (Lipinski definition) is 3. The molecule has 0 unspecified atom stereocenters. The van der Waals surface area contributed by atoms with Crippen molar-refractivity contribution in [2.45, 2.75) is 26.2 Å². The molecule has 7 rings (SSSR count). The van der Waals surface area contributed by atoms with Crippen molar-refractivity contribution in [1.29, 1.82) is 0 Å². The summed E-state index contributed by atoms with van der Waals surface area (Å²) in [5, 5.41) is 6.61. The van der Waals surface area contributed by atoms with Crippen LogP contribution in [0.1, 0.15) is 52.8 Å². The number of aromatic amines is 1. The third-order valence-electron chi connectivity index (χ3n) is 8.07. The van der Waals surface area contributed by atoms with Gasteiger partial charge in [0.1, 0.15) is 0 Å². The Morgan fingerprint density at radius 1 is 0.977 bits per heavy atom. The first kappa shape index (κ1) is 27.3. The summed E-state index contributed by atoms with van der Waals surface area (Å²) in [6, 6.07) is 20.3. The van der Waals surface area contributed by atoms with Gasteiger partial charge in [-0.15, -0.1) is 0 Å². The molecule has 3 N–H and O–H groups in total. The highest BCUT2D eigenvalue weighted by molar-refractivity contribution is 5.90. The first-order chi connectivity index (χ1) is 21.6. The van der Waals surface area contributed by atoms with E-state index in [4.69, 9.17) is 4.98 Å². The van der Waals surface area contributed by atoms with Crippen LogP contribution in [0.4, 0.5) is 5.69 Å². The van der Waals surface area contributed by atoms with Gasteiger partial charge in [0.25, 0.3) is 0 Å². The van der Waals surface area contributed by atoms with Crippen LogP contribution in [0.25, 0.3) is 16.7 Å². The van der Waals surface area contributed by atoms with Crippen molar-refractivity contribution in [3.63, 3.8) is 0 Å². The van der Waals surface area contributed by atoms with E-state index in [0.717, 1.165) is 75.7 Å². The van der Waals surface area contributed by atoms with Gasteiger partial charge in [-0.2, -0.15) is 0 Å². The number of nitrogens with one attached hydrogen (secondary N) is 3. The van der Waals surface area contributed by atoms with Crippen molar-refractivity contribution < 1.29 is 4.79 Å². The van der Waals surface area contributed by atoms with Crippen molar-refractivity contribution in [3.05, 3.63) is 166 Å². The highest BCUT2D eigenvalue weighted by Gasteiger charge is 2.22. The molecule has 3 aliphatic rings. The fourth-order valence-corrected chi connectivity index (χ4v) is 5.92. The van der Waals surface area contributed by atoms with Crippen LogP contribution in [0.15, 0.2) is 127 Å². The molecule has 0 spiro atoms. The van der Waals surface area contributed by atoms with E-state index < -0.39 is 0 Å². The zero-order chi connectivity index (χ0) is 29.9. The molecule has 6 heteroatoms. The topological polar surface area (TPSA) is 82.7 Å². The Kier molecular flexibility index (Phi) is 7.47. The van der Waals surface area contributed by atoms with Gasteiger partial charge in [0.15, 0.2) is 0 Å². The average molecular weight is 576 g/mol. The highest BCUT2D eigenvalue weighted by Crippen LogP contribution is 2.36. The zero-order valence-electron chi connectivity index (χ0n) is 24.6. The fourth-order valence-electron chi connectivity index (χ4n) is 5.92. The lowest BCUT2D eigenvalue weighted by Gasteiger charge is -2.19. The number of carbonyl (C=O) groups is 1. The Bertz CT molecular complexity index is 1920. The quantitative estimate of drug-likeness (QED) is 0.227. The molecule has 0 saturated heterocycles. The number of benzene rings is 1. The molecule has 1 aliphatic heterocycles. The van der Waals surface area contributed by atoms with E-state index >= 15 is 0 Å². The number of carbonyl (C=O) groups excluding carboxylic acids is 1. The maximum Gasteiger partial charge on any atom is 0.228 e. The van der Waals surface area contributed by atoms with E-state index in [1.165, 1.54) is 16.8 Å². The monoisotopic (exact) mass is 575 g/mol. The van der Waals surface area contributed by atoms with Gasteiger partial charge in [-0.1, -0.05) is 72.4 Å². The summed E-state index contributed by atoms with van der Waals surface area (Å²) in [4.78, 5) is 26.2. The van der Waals surface area contributed by atoms with E-state index in [1.54, 1.807) is 6.20 Å². The molecule has 44 heavy (non-hydrogen) atoms. The molecule has 0 saturated carbocycles. The summed E-state index contributed by atoms with van der Waals surface area (Å²) in [5.74, 6) is -0.0402. The number of amides is 1. The van der Waals surface area contributed by atoms with Crippen molar-refractivity contribution in [2.75, 3.05) is 11.9 Å². The Labute approximate surface area is 257 Å². The van der Waals surface area contributed by atoms with Gasteiger partial charge in [-0.05, 0) is 66.5 Å². The minimum Gasteiger partial charge on any atom is -0.380 e. The van der Waals surface area contributed by atoms with E-state index in [1.807, 2.05) is 54.7 Å². The number of pyridine rings is 2. The molecule has 0 bridgehead atoms. The van der Waals surface area contributed by atoms with Crippen LogP contribution in [0, 0.1) is 0 Å². The Morgan fingerprint density at radius 2 is 1.89 bits per heavy atom. The molecule has 216 valence electrons. The molecule has 0 atom stereocenters. The van der Waals surface area contributed by atoms with Crippen LogP contribution >= 0.6 is 0 Å². The molecular formula is C38H33N5O. The summed E-state index contributed by atoms with van der Waals surface area (Å²) in [6.45, 7) is 2.81. The molecule has 6 nitrogen and oxygen atoms in total. The molecule has 1 amide bonds. The predicted octanol–water partition coefficient (Wildman–Crippen LogP) is 7.18. The van der Waals surface area contributed by atoms with Gasteiger partial charge < -0.3 is 15.6 Å². The van der Waals surface area contributed by atoms with Gasteiger partial charge in [0.2, 0.25) is 5.91 Å². The van der Waals surface area contributed by atoms with Crippen molar-refractivity contribution >= 4 is 28.3 Å². The lowest BCUT2D eigenvalue weighted by molar-refractivity contribution is -0.119. The molecule has 3 aromatic heterocycles. The minimum atomic E-state index is -0.0402. The maximum absolute atomic E-state index is 12.9. The van der Waals surface area contributed by atoms with Crippen LogP contribution in [0.5, 0.6) is 0 Å². The van der Waals surface area contributed by atoms with Gasteiger partial charge in [0.05, 0.1) is 23.5 Å². The first-order valence-electron chi connectivity index (χ1n) is 15.0. The van der Waals surface area contributed by atoms with Crippen LogP contribution in [-0.2, 0) is 17.6 Å². The largest absolute Gasteiger partial charge is 0.380 e. The molecular weight excluding hydrogens is 542 g/mol. The second-order valence-electron chi connectivity index (χ2n) is 11.3. The molecule has 4 aromatic rings. The fraction of sp³-hybridized carbons (Fsp3) is 0.132. The first-order valence-corrected chi connectivity index (χ1v) is 15.0. The van der Waals surface area contributed by atoms with Gasteiger partial charge in [0, 0.05) is 59.1 Å². The third-order valence-corrected chi connectivity index (χ3v) is 8.07. The smallest absolute Gasteiger partial charge is 0.228 e. The molecule has 4 heterocycles. The van der Waals surface area contributed by atoms with E-state index in [-0.39, 0.29) is 5.91 Å². The molecule has 0 fully saturated rings. The molecule has 1 aromatic carbocycles. The highest BCUT2D eigenvalue weighted by atomic mass is 16.1. The standard InChI is InChI=1S/C38H33N5O/c1-25-13-14-27(22-29(20-25)41-37(44)21-26-8-3-2-4-9-26)33-15-16-35-38(43-33)31(17-19-40-35)36-23-32-30(28-10-7-18-39-24-28)11-5-6-12-34(32)42-36/h2-11,14-18,20,22-24,40,42H,12-13,19,21H2,1H3,(H,41,44). The minimum absolute atomic E-state index is 0.0402. The number of H-pyrrole nitrogens is 1. The van der Waals surface area contributed by atoms with Crippen LogP contribution in [0.3, 0.4) is 0 Å². The third kappa shape index (κ3) is 5.75. The lowest BCUT2D eigenvalue weighted by Crippen LogP contribution is -2.23. The second kappa shape index (κ2) is 12.0. The van der Waals surface area contributed by atoms with Crippen LogP contribution in [0.2, 0.25) is 0 Å². The summed E-state index contributed by atoms with van der Waals surface area (Å²) < 4.78 is 0. The zero-order valence-corrected chi connectivity index (χ0v) is 24.6. The summed E-state index contributed by atoms with van der Waals surface area (Å²) in [6.07, 6.45) is 20.6. The number of aromatic nitrogens is 3. The number of allylic oxidation sites excluding steroid dienone is 8. The SMILES string of the molecule is CC1=CC(NC(=O)Cc2ccccc2)=CC(c2ccc3c(n2)C(c2cc4c([nH]2)CC=CC=C4c2cccnc2)=CCN3)=CC1. The Hall–Kier alpha value is -5.49. The Balaban J connectivity index is 1.19. The van der Waals surface area contributed by atoms with Crippen molar-refractivity contribution in [1.82, 2.24) is 20.3 Å². The van der Waals surface area contributed by atoms with Crippen LogP contribution < -0.4 is 10.6 Å². The van der Waals surface area contributed by atoms with Crippen molar-refractivity contribution in [3.8, 4) is 0 Å². The molecule has 2 aliphatic carbocycles. The average Bonchev–Trinajstić information content (AvgIpc) is 3.23. The van der Waals surface area contributed by atoms with E-state index in [0.29, 0.717) is 6.42 Å². The maximum atomic E-state index is 12.9. The van der Waals surface area contributed by atoms with Gasteiger partial charge >= 0.3 is 0 Å².